The van der Waals surface area contributed by atoms with E-state index in [2.05, 4.69) is 6.58 Å². The summed E-state index contributed by atoms with van der Waals surface area (Å²) in [4.78, 5) is 50.7. The van der Waals surface area contributed by atoms with Gasteiger partial charge in [0.05, 0.1) is 23.3 Å². The third kappa shape index (κ3) is 3.06. The molecule has 11 atom stereocenters. The number of hydrogen-bond donors (Lipinski definition) is 2. The summed E-state index contributed by atoms with van der Waals surface area (Å²) in [6.45, 7) is 10.7. The zero-order valence-corrected chi connectivity index (χ0v) is 20.4. The van der Waals surface area contributed by atoms with Crippen molar-refractivity contribution in [3.05, 3.63) is 24.3 Å². The van der Waals surface area contributed by atoms with Crippen LogP contribution in [0.1, 0.15) is 34.6 Å². The zero-order chi connectivity index (χ0) is 25.5. The third-order valence-electron chi connectivity index (χ3n) is 8.33. The summed E-state index contributed by atoms with van der Waals surface area (Å²) in [7, 11) is 0. The van der Waals surface area contributed by atoms with E-state index < -0.39 is 87.7 Å². The Morgan fingerprint density at radius 2 is 1.79 bits per heavy atom. The number of aliphatic hydroxyl groups excluding tert-OH is 1. The molecular formula is C24H29ClO9. The summed E-state index contributed by atoms with van der Waals surface area (Å²) in [6.07, 6.45) is -1.10. The predicted octanol–water partition coefficient (Wildman–Crippen LogP) is 1.08. The number of carbonyl (C=O) groups is 4. The minimum absolute atomic E-state index is 0.0653. The lowest BCUT2D eigenvalue weighted by atomic mass is 9.66. The molecule has 3 fully saturated rings. The minimum atomic E-state index is -2.22. The van der Waals surface area contributed by atoms with Crippen molar-refractivity contribution in [2.45, 2.75) is 69.5 Å². The van der Waals surface area contributed by atoms with Crippen LogP contribution in [0, 0.1) is 29.1 Å². The maximum Gasteiger partial charge on any atom is 0.312 e. The van der Waals surface area contributed by atoms with Crippen LogP contribution in [0.25, 0.3) is 0 Å². The highest BCUT2D eigenvalue weighted by Gasteiger charge is 2.84. The zero-order valence-electron chi connectivity index (χ0n) is 19.6. The van der Waals surface area contributed by atoms with Gasteiger partial charge in [0, 0.05) is 19.8 Å². The predicted molar refractivity (Wildman–Crippen MR) is 117 cm³/mol. The summed E-state index contributed by atoms with van der Waals surface area (Å²) in [5, 5.41) is 21.6. The van der Waals surface area contributed by atoms with E-state index in [1.165, 1.54) is 19.9 Å². The lowest BCUT2D eigenvalue weighted by Crippen LogP contribution is -2.65. The number of Topliss-reactive ketones (excluding diaryl/α,β-unsaturated/α-hetero) is 1. The molecule has 9 nitrogen and oxygen atoms in total. The van der Waals surface area contributed by atoms with Crippen molar-refractivity contribution >= 4 is 35.3 Å². The summed E-state index contributed by atoms with van der Waals surface area (Å²) >= 11 is 6.59. The van der Waals surface area contributed by atoms with Gasteiger partial charge < -0.3 is 24.4 Å². The Kier molecular flexibility index (Phi) is 5.59. The Morgan fingerprint density at radius 1 is 1.18 bits per heavy atom. The van der Waals surface area contributed by atoms with E-state index >= 15 is 0 Å². The first-order valence-corrected chi connectivity index (χ1v) is 11.6. The van der Waals surface area contributed by atoms with Gasteiger partial charge in [0.1, 0.15) is 6.10 Å². The molecule has 3 aliphatic carbocycles. The van der Waals surface area contributed by atoms with E-state index in [0.29, 0.717) is 0 Å². The second-order valence-corrected chi connectivity index (χ2v) is 10.7. The molecule has 4 rings (SSSR count). The number of fused-ring (bicyclic) bond motifs is 2. The van der Waals surface area contributed by atoms with Gasteiger partial charge in [-0.3, -0.25) is 19.2 Å². The van der Waals surface area contributed by atoms with E-state index in [-0.39, 0.29) is 5.57 Å². The summed E-state index contributed by atoms with van der Waals surface area (Å²) < 4.78 is 16.7. The highest BCUT2D eigenvalue weighted by molar-refractivity contribution is 6.23. The van der Waals surface area contributed by atoms with E-state index in [1.807, 2.05) is 0 Å². The van der Waals surface area contributed by atoms with Gasteiger partial charge in [-0.1, -0.05) is 25.7 Å². The number of alkyl halides is 1. The average molecular weight is 497 g/mol. The SMILES string of the molecule is C=C1[C@@H](O)/C=C\[C@H]2[C@H]3C(=O)[C@@](C)(OC(C)=O)[C@H]([C@H](OC(C)=O)[C@]4(O)[C@@H](C)C(=O)O[C@H]4[C@H]1Cl)[C@]32C. The average Bonchev–Trinajstić information content (AvgIpc) is 3.19. The maximum atomic E-state index is 13.6. The van der Waals surface area contributed by atoms with Gasteiger partial charge in [0.25, 0.3) is 0 Å². The van der Waals surface area contributed by atoms with Gasteiger partial charge in [0.15, 0.2) is 23.1 Å². The number of aliphatic hydroxyl groups is 2. The first-order chi connectivity index (χ1) is 15.6. The Hall–Kier alpha value is -2.23. The molecule has 1 aliphatic heterocycles. The van der Waals surface area contributed by atoms with Crippen molar-refractivity contribution in [2.75, 3.05) is 0 Å². The number of hydrogen-bond acceptors (Lipinski definition) is 9. The third-order valence-corrected chi connectivity index (χ3v) is 8.84. The van der Waals surface area contributed by atoms with Gasteiger partial charge in [-0.2, -0.15) is 0 Å². The van der Waals surface area contributed by atoms with Crippen molar-refractivity contribution in [3.8, 4) is 0 Å². The number of esters is 3. The number of ketones is 1. The van der Waals surface area contributed by atoms with Crippen LogP contribution in [0.4, 0.5) is 0 Å². The van der Waals surface area contributed by atoms with Crippen LogP contribution in [0.3, 0.4) is 0 Å². The highest BCUT2D eigenvalue weighted by atomic mass is 35.5. The maximum absolute atomic E-state index is 13.6. The van der Waals surface area contributed by atoms with Crippen molar-refractivity contribution in [1.29, 1.82) is 0 Å². The smallest absolute Gasteiger partial charge is 0.312 e. The van der Waals surface area contributed by atoms with Gasteiger partial charge in [-0.25, -0.2) is 0 Å². The van der Waals surface area contributed by atoms with E-state index in [0.717, 1.165) is 13.8 Å². The van der Waals surface area contributed by atoms with Crippen LogP contribution < -0.4 is 0 Å². The van der Waals surface area contributed by atoms with E-state index in [4.69, 9.17) is 25.8 Å². The van der Waals surface area contributed by atoms with Crippen LogP contribution in [-0.2, 0) is 33.4 Å². The second-order valence-electron chi connectivity index (χ2n) is 10.2. The van der Waals surface area contributed by atoms with Crippen LogP contribution in [-0.4, -0.2) is 68.8 Å². The highest BCUT2D eigenvalue weighted by Crippen LogP contribution is 2.75. The largest absolute Gasteiger partial charge is 0.459 e. The number of allylic oxidation sites excluding steroid dienone is 1. The molecule has 186 valence electrons. The molecule has 1 heterocycles. The fourth-order valence-electron chi connectivity index (χ4n) is 6.59. The van der Waals surface area contributed by atoms with E-state index in [9.17, 15) is 29.4 Å². The monoisotopic (exact) mass is 496 g/mol. The first kappa shape index (κ1) is 24.9. The minimum Gasteiger partial charge on any atom is -0.459 e. The molecule has 0 bridgehead atoms. The van der Waals surface area contributed by atoms with Crippen molar-refractivity contribution in [3.63, 3.8) is 0 Å². The van der Waals surface area contributed by atoms with E-state index in [1.54, 1.807) is 13.0 Å². The summed E-state index contributed by atoms with van der Waals surface area (Å²) in [5.41, 5.74) is -4.83. The van der Waals surface area contributed by atoms with Crippen molar-refractivity contribution in [2.24, 2.45) is 29.1 Å². The lowest BCUT2D eigenvalue weighted by molar-refractivity contribution is -0.214. The molecular weight excluding hydrogens is 468 g/mol. The summed E-state index contributed by atoms with van der Waals surface area (Å²) in [5.74, 6) is -5.99. The molecule has 2 N–H and O–H groups in total. The fourth-order valence-corrected chi connectivity index (χ4v) is 6.97. The molecule has 4 aliphatic rings. The summed E-state index contributed by atoms with van der Waals surface area (Å²) in [6, 6.07) is 0. The lowest BCUT2D eigenvalue weighted by Gasteiger charge is -2.47. The number of ether oxygens (including phenoxy) is 3. The molecule has 0 radical (unpaired) electrons. The topological polar surface area (TPSA) is 136 Å². The quantitative estimate of drug-likeness (QED) is 0.249. The van der Waals surface area contributed by atoms with Gasteiger partial charge in [-0.15, -0.1) is 11.6 Å². The molecule has 0 aromatic rings. The first-order valence-electron chi connectivity index (χ1n) is 11.2. The Labute approximate surface area is 202 Å². The molecule has 0 aromatic heterocycles. The van der Waals surface area contributed by atoms with Crippen LogP contribution in [0.5, 0.6) is 0 Å². The Balaban J connectivity index is 2.00. The Morgan fingerprint density at radius 3 is 2.35 bits per heavy atom. The number of rotatable bonds is 2. The van der Waals surface area contributed by atoms with Crippen LogP contribution >= 0.6 is 11.6 Å². The van der Waals surface area contributed by atoms with Crippen LogP contribution in [0.15, 0.2) is 24.3 Å². The Bertz CT molecular complexity index is 1020. The molecule has 2 saturated carbocycles. The van der Waals surface area contributed by atoms with Crippen molar-refractivity contribution < 1.29 is 43.6 Å². The number of halogens is 1. The van der Waals surface area contributed by atoms with Gasteiger partial charge in [0.2, 0.25) is 0 Å². The number of carbonyl (C=O) groups excluding carboxylic acids is 4. The molecule has 0 amide bonds. The van der Waals surface area contributed by atoms with Crippen molar-refractivity contribution in [1.82, 2.24) is 0 Å². The molecule has 0 unspecified atom stereocenters. The molecule has 34 heavy (non-hydrogen) atoms. The van der Waals surface area contributed by atoms with Crippen LogP contribution in [0.2, 0.25) is 0 Å². The molecule has 0 aromatic carbocycles. The van der Waals surface area contributed by atoms with Gasteiger partial charge in [-0.05, 0) is 30.8 Å². The normalized spacial score (nSPS) is 50.4. The molecule has 0 spiro atoms. The fraction of sp³-hybridized carbons (Fsp3) is 0.667. The molecule has 1 saturated heterocycles. The molecule has 10 heteroatoms. The van der Waals surface area contributed by atoms with Gasteiger partial charge >= 0.3 is 17.9 Å². The standard InChI is InChI=1S/C24H29ClO9/c1-9-14(28)8-7-13-15-18(29)23(6,34-12(4)27)17(22(13,15)5)20(32-11(3)26)24(31)10(2)21(30)33-19(24)16(9)25/h7-8,10,13-17,19-20,28,31H,1H2,2-6H3/b8-7-/t10-,13-,14-,15-,16-,17+,19-,20-,22-,23-,24-/m0/s1. The second kappa shape index (κ2) is 7.63.